The number of rotatable bonds is 9. The van der Waals surface area contributed by atoms with Crippen LogP contribution < -0.4 is 5.73 Å². The van der Waals surface area contributed by atoms with Crippen LogP contribution in [0.15, 0.2) is 0 Å². The van der Waals surface area contributed by atoms with E-state index in [1.165, 1.54) is 7.11 Å². The van der Waals surface area contributed by atoms with Gasteiger partial charge in [0.25, 0.3) is 0 Å². The van der Waals surface area contributed by atoms with Gasteiger partial charge in [0.1, 0.15) is 0 Å². The van der Waals surface area contributed by atoms with Crippen molar-refractivity contribution < 1.29 is 27.4 Å². The Labute approximate surface area is 99.2 Å². The van der Waals surface area contributed by atoms with Gasteiger partial charge in [0.2, 0.25) is 0 Å². The molecular formula is C10H20F3NO3. The minimum absolute atomic E-state index is 0.0897. The standard InChI is InChI=1S/C10H20F3NO3/c1-3-8(14)9(10(11,12)13)17-7-6-16-5-4-15-2/h8-9H,3-7,14H2,1-2H3. The Morgan fingerprint density at radius 1 is 1.12 bits per heavy atom. The van der Waals surface area contributed by atoms with E-state index < -0.39 is 18.3 Å². The minimum atomic E-state index is -4.44. The van der Waals surface area contributed by atoms with Crippen LogP contribution in [0.1, 0.15) is 13.3 Å². The number of hydrogen-bond donors (Lipinski definition) is 1. The lowest BCUT2D eigenvalue weighted by atomic mass is 10.1. The third-order valence-corrected chi connectivity index (χ3v) is 2.14. The summed E-state index contributed by atoms with van der Waals surface area (Å²) in [5, 5.41) is 0. The van der Waals surface area contributed by atoms with Crippen LogP contribution in [0.25, 0.3) is 0 Å². The van der Waals surface area contributed by atoms with Crippen LogP contribution in [0.3, 0.4) is 0 Å². The Morgan fingerprint density at radius 3 is 2.18 bits per heavy atom. The summed E-state index contributed by atoms with van der Waals surface area (Å²) in [6, 6.07) is -1.05. The van der Waals surface area contributed by atoms with Crippen LogP contribution in [0, 0.1) is 0 Å². The smallest absolute Gasteiger partial charge is 0.382 e. The molecule has 0 spiro atoms. The molecule has 0 aliphatic rings. The molecule has 0 aromatic carbocycles. The molecule has 104 valence electrons. The van der Waals surface area contributed by atoms with Crippen LogP contribution in [-0.2, 0) is 14.2 Å². The number of halogens is 3. The number of hydrogen-bond acceptors (Lipinski definition) is 4. The van der Waals surface area contributed by atoms with Crippen molar-refractivity contribution in [1.29, 1.82) is 0 Å². The van der Waals surface area contributed by atoms with Crippen LogP contribution in [0.4, 0.5) is 13.2 Å². The zero-order valence-electron chi connectivity index (χ0n) is 10.1. The van der Waals surface area contributed by atoms with Gasteiger partial charge in [-0.25, -0.2) is 0 Å². The highest BCUT2D eigenvalue weighted by Crippen LogP contribution is 2.25. The summed E-state index contributed by atoms with van der Waals surface area (Å²) in [6.45, 7) is 2.27. The molecule has 0 saturated carbocycles. The Kier molecular flexibility index (Phi) is 8.49. The number of ether oxygens (including phenoxy) is 3. The first kappa shape index (κ1) is 16.6. The second-order valence-electron chi connectivity index (χ2n) is 3.51. The maximum absolute atomic E-state index is 12.5. The summed E-state index contributed by atoms with van der Waals surface area (Å²) in [5.41, 5.74) is 5.36. The van der Waals surface area contributed by atoms with Crippen LogP contribution in [0.5, 0.6) is 0 Å². The zero-order chi connectivity index (χ0) is 13.3. The average Bonchev–Trinajstić information content (AvgIpc) is 2.25. The summed E-state index contributed by atoms with van der Waals surface area (Å²) in [7, 11) is 1.51. The van der Waals surface area contributed by atoms with Crippen molar-refractivity contribution in [1.82, 2.24) is 0 Å². The SMILES string of the molecule is CCC(N)C(OCCOCCOC)C(F)(F)F. The summed E-state index contributed by atoms with van der Waals surface area (Å²) in [6.07, 6.45) is -6.17. The van der Waals surface area contributed by atoms with Gasteiger partial charge in [-0.15, -0.1) is 0 Å². The van der Waals surface area contributed by atoms with Gasteiger partial charge in [-0.3, -0.25) is 0 Å². The first-order chi connectivity index (χ1) is 7.93. The molecule has 0 heterocycles. The van der Waals surface area contributed by atoms with E-state index in [1.54, 1.807) is 6.92 Å². The lowest BCUT2D eigenvalue weighted by molar-refractivity contribution is -0.229. The van der Waals surface area contributed by atoms with E-state index in [-0.39, 0.29) is 19.6 Å². The molecule has 0 aromatic rings. The number of nitrogens with two attached hydrogens (primary N) is 1. The maximum atomic E-state index is 12.5. The maximum Gasteiger partial charge on any atom is 0.416 e. The van der Waals surface area contributed by atoms with E-state index in [2.05, 4.69) is 0 Å². The molecule has 0 aromatic heterocycles. The molecule has 0 radical (unpaired) electrons. The molecule has 0 fully saturated rings. The van der Waals surface area contributed by atoms with E-state index in [0.717, 1.165) is 0 Å². The molecule has 4 nitrogen and oxygen atoms in total. The fourth-order valence-corrected chi connectivity index (χ4v) is 1.15. The Hall–Kier alpha value is -0.370. The molecule has 2 atom stereocenters. The van der Waals surface area contributed by atoms with Gasteiger partial charge >= 0.3 is 6.18 Å². The molecule has 2 unspecified atom stereocenters. The highest BCUT2D eigenvalue weighted by Gasteiger charge is 2.43. The van der Waals surface area contributed by atoms with Crippen molar-refractivity contribution in [2.24, 2.45) is 5.73 Å². The Balaban J connectivity index is 3.86. The van der Waals surface area contributed by atoms with Crippen molar-refractivity contribution in [2.75, 3.05) is 33.5 Å². The van der Waals surface area contributed by atoms with Gasteiger partial charge in [-0.2, -0.15) is 13.2 Å². The van der Waals surface area contributed by atoms with Gasteiger partial charge in [0, 0.05) is 13.2 Å². The van der Waals surface area contributed by atoms with E-state index in [9.17, 15) is 13.2 Å². The summed E-state index contributed by atoms with van der Waals surface area (Å²) < 4.78 is 52.0. The van der Waals surface area contributed by atoms with E-state index in [4.69, 9.17) is 19.9 Å². The minimum Gasteiger partial charge on any atom is -0.382 e. The van der Waals surface area contributed by atoms with Crippen molar-refractivity contribution in [2.45, 2.75) is 31.7 Å². The van der Waals surface area contributed by atoms with Crippen LogP contribution in [0.2, 0.25) is 0 Å². The summed E-state index contributed by atoms with van der Waals surface area (Å²) in [4.78, 5) is 0. The molecule has 0 saturated heterocycles. The highest BCUT2D eigenvalue weighted by molar-refractivity contribution is 4.79. The first-order valence-corrected chi connectivity index (χ1v) is 5.44. The lowest BCUT2D eigenvalue weighted by Crippen LogP contribution is -2.47. The fraction of sp³-hybridized carbons (Fsp3) is 1.00. The van der Waals surface area contributed by atoms with Crippen molar-refractivity contribution in [3.05, 3.63) is 0 Å². The van der Waals surface area contributed by atoms with Gasteiger partial charge in [0.15, 0.2) is 6.10 Å². The second kappa shape index (κ2) is 8.68. The molecule has 0 aliphatic heterocycles. The molecular weight excluding hydrogens is 239 g/mol. The van der Waals surface area contributed by atoms with E-state index in [0.29, 0.717) is 13.2 Å². The molecule has 0 rings (SSSR count). The number of alkyl halides is 3. The van der Waals surface area contributed by atoms with Crippen molar-refractivity contribution in [3.63, 3.8) is 0 Å². The van der Waals surface area contributed by atoms with E-state index >= 15 is 0 Å². The first-order valence-electron chi connectivity index (χ1n) is 5.44. The molecule has 0 amide bonds. The third-order valence-electron chi connectivity index (χ3n) is 2.14. The van der Waals surface area contributed by atoms with Crippen molar-refractivity contribution >= 4 is 0 Å². The molecule has 17 heavy (non-hydrogen) atoms. The second-order valence-corrected chi connectivity index (χ2v) is 3.51. The predicted octanol–water partition coefficient (Wildman–Crippen LogP) is 1.33. The van der Waals surface area contributed by atoms with Gasteiger partial charge < -0.3 is 19.9 Å². The summed E-state index contributed by atoms with van der Waals surface area (Å²) >= 11 is 0. The quantitative estimate of drug-likeness (QED) is 0.635. The van der Waals surface area contributed by atoms with Crippen molar-refractivity contribution in [3.8, 4) is 0 Å². The van der Waals surface area contributed by atoms with Gasteiger partial charge in [-0.05, 0) is 6.42 Å². The predicted molar refractivity (Wildman–Crippen MR) is 56.8 cm³/mol. The fourth-order valence-electron chi connectivity index (χ4n) is 1.15. The Morgan fingerprint density at radius 2 is 1.71 bits per heavy atom. The molecule has 7 heteroatoms. The van der Waals surface area contributed by atoms with Crippen LogP contribution in [-0.4, -0.2) is 51.9 Å². The number of methoxy groups -OCH3 is 1. The molecule has 0 bridgehead atoms. The normalized spacial score (nSPS) is 15.9. The topological polar surface area (TPSA) is 53.7 Å². The lowest BCUT2D eigenvalue weighted by Gasteiger charge is -2.25. The van der Waals surface area contributed by atoms with E-state index in [1.807, 2.05) is 0 Å². The van der Waals surface area contributed by atoms with Gasteiger partial charge in [0.05, 0.1) is 26.4 Å². The average molecular weight is 259 g/mol. The third kappa shape index (κ3) is 7.54. The molecule has 2 N–H and O–H groups in total. The summed E-state index contributed by atoms with van der Waals surface area (Å²) in [5.74, 6) is 0. The van der Waals surface area contributed by atoms with Crippen LogP contribution >= 0.6 is 0 Å². The largest absolute Gasteiger partial charge is 0.416 e. The zero-order valence-corrected chi connectivity index (χ0v) is 10.1. The molecule has 0 aliphatic carbocycles. The van der Waals surface area contributed by atoms with Gasteiger partial charge in [-0.1, -0.05) is 6.92 Å². The monoisotopic (exact) mass is 259 g/mol. The highest BCUT2D eigenvalue weighted by atomic mass is 19.4. The Bertz CT molecular complexity index is 190.